The van der Waals surface area contributed by atoms with E-state index in [1.807, 2.05) is 18.2 Å². The van der Waals surface area contributed by atoms with Crippen molar-refractivity contribution in [2.24, 2.45) is 5.73 Å². The summed E-state index contributed by atoms with van der Waals surface area (Å²) in [5, 5.41) is 0. The van der Waals surface area contributed by atoms with E-state index < -0.39 is 0 Å². The lowest BCUT2D eigenvalue weighted by atomic mass is 10.0. The maximum atomic E-state index is 11.1. The van der Waals surface area contributed by atoms with Crippen molar-refractivity contribution in [2.75, 3.05) is 13.7 Å². The van der Waals surface area contributed by atoms with Crippen LogP contribution in [0, 0.1) is 0 Å². The summed E-state index contributed by atoms with van der Waals surface area (Å²) in [7, 11) is 1.37. The quantitative estimate of drug-likeness (QED) is 0.781. The Balaban J connectivity index is 2.71. The van der Waals surface area contributed by atoms with Gasteiger partial charge in [0.2, 0.25) is 0 Å². The number of methoxy groups -OCH3 is 1. The Bertz CT molecular complexity index is 423. The summed E-state index contributed by atoms with van der Waals surface area (Å²) in [6.07, 6.45) is 1.90. The van der Waals surface area contributed by atoms with Gasteiger partial charge in [-0.3, -0.25) is 4.79 Å². The second-order valence-electron chi connectivity index (χ2n) is 4.28. The van der Waals surface area contributed by atoms with Gasteiger partial charge in [0.25, 0.3) is 0 Å². The Morgan fingerprint density at radius 2 is 2.21 bits per heavy atom. The van der Waals surface area contributed by atoms with E-state index in [0.717, 1.165) is 28.6 Å². The number of carbonyl (C=O) groups is 1. The molecule has 19 heavy (non-hydrogen) atoms. The molecule has 0 aliphatic carbocycles. The molecule has 0 aliphatic heterocycles. The zero-order valence-electron chi connectivity index (χ0n) is 11.3. The molecule has 5 heteroatoms. The van der Waals surface area contributed by atoms with Gasteiger partial charge >= 0.3 is 5.97 Å². The molecule has 1 aromatic rings. The number of esters is 1. The molecule has 0 radical (unpaired) electrons. The van der Waals surface area contributed by atoms with Crippen molar-refractivity contribution in [1.29, 1.82) is 0 Å². The van der Waals surface area contributed by atoms with E-state index in [4.69, 9.17) is 10.5 Å². The van der Waals surface area contributed by atoms with Crippen LogP contribution < -0.4 is 10.5 Å². The predicted molar refractivity (Wildman–Crippen MR) is 78.2 cm³/mol. The van der Waals surface area contributed by atoms with Gasteiger partial charge in [-0.2, -0.15) is 0 Å². The minimum absolute atomic E-state index is 0.109. The molecule has 0 fully saturated rings. The highest BCUT2D eigenvalue weighted by Crippen LogP contribution is 2.30. The summed E-state index contributed by atoms with van der Waals surface area (Å²) in [5.41, 5.74) is 7.03. The normalized spacial score (nSPS) is 12.0. The van der Waals surface area contributed by atoms with Gasteiger partial charge in [0.15, 0.2) is 0 Å². The lowest BCUT2D eigenvalue weighted by Crippen LogP contribution is -2.22. The topological polar surface area (TPSA) is 61.5 Å². The molecule has 0 amide bonds. The van der Waals surface area contributed by atoms with Crippen LogP contribution in [0.15, 0.2) is 22.7 Å². The molecule has 0 saturated heterocycles. The number of hydrogen-bond acceptors (Lipinski definition) is 4. The third-order valence-corrected chi connectivity index (χ3v) is 3.46. The van der Waals surface area contributed by atoms with E-state index in [0.29, 0.717) is 6.61 Å². The fourth-order valence-electron chi connectivity index (χ4n) is 1.64. The third-order valence-electron chi connectivity index (χ3n) is 2.84. The highest BCUT2D eigenvalue weighted by Gasteiger charge is 2.11. The van der Waals surface area contributed by atoms with Gasteiger partial charge in [-0.15, -0.1) is 0 Å². The number of carbonyl (C=O) groups excluding carboxylic acids is 1. The molecule has 0 aliphatic rings. The van der Waals surface area contributed by atoms with Gasteiger partial charge in [0.1, 0.15) is 5.75 Å². The Morgan fingerprint density at radius 3 is 2.84 bits per heavy atom. The molecule has 1 atom stereocenters. The van der Waals surface area contributed by atoms with Crippen molar-refractivity contribution in [3.8, 4) is 5.75 Å². The summed E-state index contributed by atoms with van der Waals surface area (Å²) in [6.45, 7) is 2.35. The first-order valence-electron chi connectivity index (χ1n) is 6.31. The number of rotatable bonds is 7. The van der Waals surface area contributed by atoms with Crippen LogP contribution in [0.1, 0.15) is 25.3 Å². The maximum Gasteiger partial charge on any atom is 0.308 e. The van der Waals surface area contributed by atoms with Crippen LogP contribution in [0.25, 0.3) is 0 Å². The minimum atomic E-state index is -0.279. The molecule has 4 nitrogen and oxygen atoms in total. The van der Waals surface area contributed by atoms with E-state index >= 15 is 0 Å². The van der Waals surface area contributed by atoms with Gasteiger partial charge in [0.05, 0.1) is 24.6 Å². The highest BCUT2D eigenvalue weighted by atomic mass is 79.9. The average Bonchev–Trinajstić information content (AvgIpc) is 2.41. The molecule has 2 N–H and O–H groups in total. The maximum absolute atomic E-state index is 11.1. The zero-order valence-corrected chi connectivity index (χ0v) is 12.9. The van der Waals surface area contributed by atoms with Crippen LogP contribution in [0.3, 0.4) is 0 Å². The van der Waals surface area contributed by atoms with Crippen molar-refractivity contribution in [1.82, 2.24) is 0 Å². The number of para-hydroxylation sites is 1. The van der Waals surface area contributed by atoms with Crippen LogP contribution in [-0.2, 0) is 16.0 Å². The summed E-state index contributed by atoms with van der Waals surface area (Å²) >= 11 is 3.46. The van der Waals surface area contributed by atoms with Crippen LogP contribution in [0.2, 0.25) is 0 Å². The van der Waals surface area contributed by atoms with E-state index in [1.54, 1.807) is 0 Å². The Kier molecular flexibility index (Phi) is 6.87. The van der Waals surface area contributed by atoms with E-state index in [-0.39, 0.29) is 18.4 Å². The fraction of sp³-hybridized carbons (Fsp3) is 0.500. The molecule has 1 rings (SSSR count). The predicted octanol–water partition coefficient (Wildman–Crippen LogP) is 2.67. The van der Waals surface area contributed by atoms with Crippen molar-refractivity contribution in [3.05, 3.63) is 28.2 Å². The first kappa shape index (κ1) is 16.0. The molecule has 0 aromatic heterocycles. The molecule has 1 unspecified atom stereocenters. The molecule has 0 bridgehead atoms. The van der Waals surface area contributed by atoms with Gasteiger partial charge in [-0.1, -0.05) is 19.1 Å². The molecule has 0 spiro atoms. The molecule has 1 aromatic carbocycles. The summed E-state index contributed by atoms with van der Waals surface area (Å²) in [5.74, 6) is 0.481. The SMILES string of the molecule is CCC(N)Cc1cccc(Br)c1OCCC(=O)OC. The highest BCUT2D eigenvalue weighted by molar-refractivity contribution is 9.10. The largest absolute Gasteiger partial charge is 0.492 e. The fourth-order valence-corrected chi connectivity index (χ4v) is 2.16. The minimum Gasteiger partial charge on any atom is -0.492 e. The first-order valence-corrected chi connectivity index (χ1v) is 7.10. The molecular weight excluding hydrogens is 310 g/mol. The second kappa shape index (κ2) is 8.17. The van der Waals surface area contributed by atoms with Crippen molar-refractivity contribution in [2.45, 2.75) is 32.2 Å². The summed E-state index contributed by atoms with van der Waals surface area (Å²) < 4.78 is 11.1. The number of halogens is 1. The van der Waals surface area contributed by atoms with Gasteiger partial charge in [-0.05, 0) is 40.4 Å². The first-order chi connectivity index (χ1) is 9.08. The second-order valence-corrected chi connectivity index (χ2v) is 5.13. The smallest absolute Gasteiger partial charge is 0.308 e. The lowest BCUT2D eigenvalue weighted by molar-refractivity contribution is -0.141. The molecule has 0 heterocycles. The van der Waals surface area contributed by atoms with E-state index in [9.17, 15) is 4.79 Å². The van der Waals surface area contributed by atoms with Gasteiger partial charge in [0, 0.05) is 6.04 Å². The monoisotopic (exact) mass is 329 g/mol. The summed E-state index contributed by atoms with van der Waals surface area (Å²) in [6, 6.07) is 5.97. The standard InChI is InChI=1S/C14H20BrNO3/c1-3-11(16)9-10-5-4-6-12(15)14(10)19-8-7-13(17)18-2/h4-6,11H,3,7-9,16H2,1-2H3. The van der Waals surface area contributed by atoms with E-state index in [1.165, 1.54) is 7.11 Å². The Labute approximate surface area is 122 Å². The van der Waals surface area contributed by atoms with Crippen LogP contribution in [0.4, 0.5) is 0 Å². The van der Waals surface area contributed by atoms with Crippen LogP contribution >= 0.6 is 15.9 Å². The van der Waals surface area contributed by atoms with Crippen molar-refractivity contribution in [3.63, 3.8) is 0 Å². The van der Waals surface area contributed by atoms with Crippen LogP contribution in [-0.4, -0.2) is 25.7 Å². The number of nitrogens with two attached hydrogens (primary N) is 1. The Morgan fingerprint density at radius 1 is 1.47 bits per heavy atom. The van der Waals surface area contributed by atoms with Gasteiger partial charge < -0.3 is 15.2 Å². The summed E-state index contributed by atoms with van der Waals surface area (Å²) in [4.78, 5) is 11.1. The van der Waals surface area contributed by atoms with Crippen molar-refractivity contribution >= 4 is 21.9 Å². The molecule has 0 saturated carbocycles. The van der Waals surface area contributed by atoms with E-state index in [2.05, 4.69) is 27.6 Å². The lowest BCUT2D eigenvalue weighted by Gasteiger charge is -2.15. The van der Waals surface area contributed by atoms with Crippen molar-refractivity contribution < 1.29 is 14.3 Å². The number of ether oxygens (including phenoxy) is 2. The Hall–Kier alpha value is -1.07. The number of benzene rings is 1. The molecule has 106 valence electrons. The zero-order chi connectivity index (χ0) is 14.3. The van der Waals surface area contributed by atoms with Crippen LogP contribution in [0.5, 0.6) is 5.75 Å². The average molecular weight is 330 g/mol. The number of hydrogen-bond donors (Lipinski definition) is 1. The molecular formula is C14H20BrNO3. The van der Waals surface area contributed by atoms with Gasteiger partial charge in [-0.25, -0.2) is 0 Å². The third kappa shape index (κ3) is 5.20.